The molecule has 0 radical (unpaired) electrons. The molecule has 1 atom stereocenters. The maximum atomic E-state index is 12.8. The summed E-state index contributed by atoms with van der Waals surface area (Å²) in [4.78, 5) is 0. The minimum Gasteiger partial charge on any atom is -0.395 e. The molecular formula is C12H14ClF2NO2. The molecular weight excluding hydrogens is 264 g/mol. The van der Waals surface area contributed by atoms with Crippen LogP contribution in [0.15, 0.2) is 18.2 Å². The zero-order chi connectivity index (χ0) is 12.0. The van der Waals surface area contributed by atoms with Crippen LogP contribution < -0.4 is 15.2 Å². The number of alkyl halides is 2. The lowest BCUT2D eigenvalue weighted by atomic mass is 10.0. The van der Waals surface area contributed by atoms with Crippen LogP contribution in [-0.2, 0) is 0 Å². The van der Waals surface area contributed by atoms with Crippen LogP contribution in [0.3, 0.4) is 0 Å². The highest BCUT2D eigenvalue weighted by atomic mass is 35.5. The van der Waals surface area contributed by atoms with Crippen LogP contribution in [0.1, 0.15) is 30.9 Å². The zero-order valence-electron chi connectivity index (χ0n) is 9.57. The van der Waals surface area contributed by atoms with Gasteiger partial charge in [0.1, 0.15) is 0 Å². The second-order valence-corrected chi connectivity index (χ2v) is 4.66. The highest BCUT2D eigenvalue weighted by molar-refractivity contribution is 5.85. The second kappa shape index (κ2) is 4.55. The molecule has 1 heterocycles. The largest absolute Gasteiger partial charge is 0.586 e. The van der Waals surface area contributed by atoms with Crippen molar-refractivity contribution >= 4 is 12.4 Å². The summed E-state index contributed by atoms with van der Waals surface area (Å²) in [6.07, 6.45) is -0.218. The van der Waals surface area contributed by atoms with Gasteiger partial charge in [-0.15, -0.1) is 21.2 Å². The Kier molecular flexibility index (Phi) is 3.38. The van der Waals surface area contributed by atoms with Crippen LogP contribution in [0.25, 0.3) is 0 Å². The Labute approximate surface area is 110 Å². The van der Waals surface area contributed by atoms with E-state index in [0.717, 1.165) is 12.0 Å². The van der Waals surface area contributed by atoms with E-state index in [4.69, 9.17) is 5.73 Å². The molecule has 0 amide bonds. The fraction of sp³-hybridized carbons (Fsp3) is 0.500. The number of hydrogen-bond acceptors (Lipinski definition) is 3. The number of fused-ring (bicyclic) bond motifs is 1. The van der Waals surface area contributed by atoms with Crippen LogP contribution in [0.2, 0.25) is 0 Å². The SMILES string of the molecule is Cl.N[C@H](CC1CC1)c1ccc2c(c1)OC(F)(F)O2. The normalized spacial score (nSPS) is 21.3. The summed E-state index contributed by atoms with van der Waals surface area (Å²) in [5, 5.41) is 0. The number of halogens is 3. The summed E-state index contributed by atoms with van der Waals surface area (Å²) >= 11 is 0. The van der Waals surface area contributed by atoms with Crippen molar-refractivity contribution in [3.05, 3.63) is 23.8 Å². The van der Waals surface area contributed by atoms with Crippen molar-refractivity contribution in [3.8, 4) is 11.5 Å². The molecule has 100 valence electrons. The van der Waals surface area contributed by atoms with Gasteiger partial charge in [-0.3, -0.25) is 0 Å². The molecule has 6 heteroatoms. The van der Waals surface area contributed by atoms with Crippen LogP contribution in [0, 0.1) is 5.92 Å². The highest BCUT2D eigenvalue weighted by Crippen LogP contribution is 2.43. The molecule has 0 aromatic heterocycles. The van der Waals surface area contributed by atoms with Crippen molar-refractivity contribution in [2.75, 3.05) is 0 Å². The summed E-state index contributed by atoms with van der Waals surface area (Å²) < 4.78 is 34.3. The Balaban J connectivity index is 0.00000120. The molecule has 1 fully saturated rings. The van der Waals surface area contributed by atoms with Gasteiger partial charge in [0.15, 0.2) is 11.5 Å². The first kappa shape index (κ1) is 13.4. The fourth-order valence-corrected chi connectivity index (χ4v) is 2.04. The highest BCUT2D eigenvalue weighted by Gasteiger charge is 2.43. The summed E-state index contributed by atoms with van der Waals surface area (Å²) in [6, 6.07) is 4.63. The van der Waals surface area contributed by atoms with Gasteiger partial charge in [-0.1, -0.05) is 18.9 Å². The monoisotopic (exact) mass is 277 g/mol. The average Bonchev–Trinajstić information content (AvgIpc) is 2.97. The number of ether oxygens (including phenoxy) is 2. The summed E-state index contributed by atoms with van der Waals surface area (Å²) in [5.41, 5.74) is 6.83. The molecule has 0 bridgehead atoms. The molecule has 0 saturated heterocycles. The molecule has 1 aliphatic heterocycles. The molecule has 2 aliphatic rings. The lowest BCUT2D eigenvalue weighted by Crippen LogP contribution is -2.25. The maximum absolute atomic E-state index is 12.8. The average molecular weight is 278 g/mol. The maximum Gasteiger partial charge on any atom is 0.586 e. The Hall–Kier alpha value is -1.07. The third-order valence-electron chi connectivity index (χ3n) is 3.14. The molecule has 18 heavy (non-hydrogen) atoms. The Morgan fingerprint density at radius 1 is 1.28 bits per heavy atom. The van der Waals surface area contributed by atoms with Gasteiger partial charge >= 0.3 is 6.29 Å². The quantitative estimate of drug-likeness (QED) is 0.922. The molecule has 3 rings (SSSR count). The molecule has 1 saturated carbocycles. The van der Waals surface area contributed by atoms with Crippen LogP contribution in [-0.4, -0.2) is 6.29 Å². The lowest BCUT2D eigenvalue weighted by molar-refractivity contribution is -0.286. The van der Waals surface area contributed by atoms with Crippen LogP contribution >= 0.6 is 12.4 Å². The van der Waals surface area contributed by atoms with Gasteiger partial charge in [-0.2, -0.15) is 0 Å². The van der Waals surface area contributed by atoms with E-state index in [1.807, 2.05) is 0 Å². The number of benzene rings is 1. The van der Waals surface area contributed by atoms with E-state index in [1.54, 1.807) is 12.1 Å². The Morgan fingerprint density at radius 3 is 2.61 bits per heavy atom. The lowest BCUT2D eigenvalue weighted by Gasteiger charge is -2.11. The first-order valence-electron chi connectivity index (χ1n) is 5.69. The van der Waals surface area contributed by atoms with Crippen molar-refractivity contribution in [3.63, 3.8) is 0 Å². The van der Waals surface area contributed by atoms with Crippen molar-refractivity contribution in [2.24, 2.45) is 11.7 Å². The fourth-order valence-electron chi connectivity index (χ4n) is 2.04. The van der Waals surface area contributed by atoms with Gasteiger partial charge in [0.2, 0.25) is 0 Å². The Morgan fingerprint density at radius 2 is 1.94 bits per heavy atom. The van der Waals surface area contributed by atoms with E-state index in [1.165, 1.54) is 18.9 Å². The van der Waals surface area contributed by atoms with E-state index < -0.39 is 6.29 Å². The van der Waals surface area contributed by atoms with E-state index in [9.17, 15) is 8.78 Å². The van der Waals surface area contributed by atoms with Crippen LogP contribution in [0.4, 0.5) is 8.78 Å². The molecule has 0 spiro atoms. The van der Waals surface area contributed by atoms with Gasteiger partial charge in [0.05, 0.1) is 0 Å². The Bertz CT molecular complexity index is 452. The number of hydrogen-bond donors (Lipinski definition) is 1. The molecule has 1 aromatic rings. The first-order chi connectivity index (χ1) is 8.03. The minimum atomic E-state index is -3.55. The third kappa shape index (κ3) is 2.67. The van der Waals surface area contributed by atoms with Gasteiger partial charge in [0.25, 0.3) is 0 Å². The van der Waals surface area contributed by atoms with E-state index >= 15 is 0 Å². The van der Waals surface area contributed by atoms with Gasteiger partial charge in [0, 0.05) is 6.04 Å². The number of rotatable bonds is 3. The minimum absolute atomic E-state index is 0. The molecule has 1 aliphatic carbocycles. The second-order valence-electron chi connectivity index (χ2n) is 4.66. The number of nitrogens with two attached hydrogens (primary N) is 1. The van der Waals surface area contributed by atoms with Gasteiger partial charge in [-0.25, -0.2) is 0 Å². The topological polar surface area (TPSA) is 44.5 Å². The van der Waals surface area contributed by atoms with Crippen LogP contribution in [0.5, 0.6) is 11.5 Å². The molecule has 0 unspecified atom stereocenters. The summed E-state index contributed by atoms with van der Waals surface area (Å²) in [7, 11) is 0. The molecule has 1 aromatic carbocycles. The first-order valence-corrected chi connectivity index (χ1v) is 5.69. The van der Waals surface area contributed by atoms with E-state index in [-0.39, 0.29) is 29.9 Å². The predicted octanol–water partition coefficient (Wildman–Crippen LogP) is 3.23. The van der Waals surface area contributed by atoms with Gasteiger partial charge < -0.3 is 15.2 Å². The zero-order valence-corrected chi connectivity index (χ0v) is 10.4. The summed E-state index contributed by atoms with van der Waals surface area (Å²) in [6.45, 7) is 0. The third-order valence-corrected chi connectivity index (χ3v) is 3.14. The standard InChI is InChI=1S/C12H13F2NO2.ClH/c13-12(14)16-10-4-3-8(6-11(10)17-12)9(15)5-7-1-2-7;/h3-4,6-7,9H,1-2,5,15H2;1H/t9-;/m1./s1. The van der Waals surface area contributed by atoms with Gasteiger partial charge in [-0.05, 0) is 30.0 Å². The van der Waals surface area contributed by atoms with E-state index in [0.29, 0.717) is 5.92 Å². The predicted molar refractivity (Wildman–Crippen MR) is 64.2 cm³/mol. The van der Waals surface area contributed by atoms with Crippen molar-refractivity contribution < 1.29 is 18.3 Å². The smallest absolute Gasteiger partial charge is 0.395 e. The van der Waals surface area contributed by atoms with E-state index in [2.05, 4.69) is 9.47 Å². The molecule has 3 nitrogen and oxygen atoms in total. The van der Waals surface area contributed by atoms with Crippen molar-refractivity contribution in [1.29, 1.82) is 0 Å². The van der Waals surface area contributed by atoms with Crippen molar-refractivity contribution in [1.82, 2.24) is 0 Å². The van der Waals surface area contributed by atoms with Crippen molar-refractivity contribution in [2.45, 2.75) is 31.6 Å². The molecule has 2 N–H and O–H groups in total. The summed E-state index contributed by atoms with van der Waals surface area (Å²) in [5.74, 6) is 0.827.